The van der Waals surface area contributed by atoms with Gasteiger partial charge in [-0.2, -0.15) is 0 Å². The summed E-state index contributed by atoms with van der Waals surface area (Å²) < 4.78 is 0. The molecule has 1 saturated carbocycles. The summed E-state index contributed by atoms with van der Waals surface area (Å²) in [7, 11) is 0. The average Bonchev–Trinajstić information content (AvgIpc) is 3.18. The predicted molar refractivity (Wildman–Crippen MR) is 88.9 cm³/mol. The van der Waals surface area contributed by atoms with Crippen LogP contribution in [0.2, 0.25) is 0 Å². The van der Waals surface area contributed by atoms with E-state index in [1.54, 1.807) is 11.3 Å². The molecule has 2 rings (SSSR count). The Kier molecular flexibility index (Phi) is 5.76. The maximum atomic E-state index is 12.5. The van der Waals surface area contributed by atoms with Crippen LogP contribution in [0, 0.1) is 5.92 Å². The first-order chi connectivity index (χ1) is 10.0. The van der Waals surface area contributed by atoms with Gasteiger partial charge in [-0.1, -0.05) is 27.2 Å². The van der Waals surface area contributed by atoms with Crippen molar-refractivity contribution in [1.82, 2.24) is 10.3 Å². The van der Waals surface area contributed by atoms with Crippen LogP contribution < -0.4 is 10.6 Å². The molecule has 21 heavy (non-hydrogen) atoms. The van der Waals surface area contributed by atoms with Crippen LogP contribution >= 0.6 is 11.3 Å². The summed E-state index contributed by atoms with van der Waals surface area (Å²) in [6.45, 7) is 8.58. The predicted octanol–water partition coefficient (Wildman–Crippen LogP) is 3.76. The van der Waals surface area contributed by atoms with Crippen LogP contribution in [0.15, 0.2) is 6.20 Å². The highest BCUT2D eigenvalue weighted by Gasteiger charge is 2.31. The van der Waals surface area contributed by atoms with Crippen LogP contribution in [0.25, 0.3) is 0 Å². The second-order valence-corrected chi connectivity index (χ2v) is 7.41. The molecule has 1 unspecified atom stereocenters. The van der Waals surface area contributed by atoms with E-state index in [1.165, 1.54) is 17.7 Å². The second kappa shape index (κ2) is 7.36. The smallest absolute Gasteiger partial charge is 0.243 e. The molecule has 1 heterocycles. The lowest BCUT2D eigenvalue weighted by atomic mass is 10.1. The van der Waals surface area contributed by atoms with E-state index in [2.05, 4.69) is 43.3 Å². The third-order valence-electron chi connectivity index (χ3n) is 4.01. The molecule has 2 atom stereocenters. The van der Waals surface area contributed by atoms with Gasteiger partial charge >= 0.3 is 0 Å². The number of carbonyl (C=O) groups excluding carboxylic acids is 1. The van der Waals surface area contributed by atoms with Gasteiger partial charge in [0, 0.05) is 17.1 Å². The molecule has 2 N–H and O–H groups in total. The number of nitrogens with zero attached hydrogens (tertiary/aromatic N) is 1. The number of amides is 1. The second-order valence-electron chi connectivity index (χ2n) is 6.35. The first-order valence-corrected chi connectivity index (χ1v) is 8.85. The Balaban J connectivity index is 1.93. The van der Waals surface area contributed by atoms with E-state index in [0.717, 1.165) is 18.8 Å². The maximum Gasteiger partial charge on any atom is 0.243 e. The Bertz CT molecular complexity index is 468. The molecule has 0 aromatic carbocycles. The molecule has 118 valence electrons. The minimum Gasteiger partial charge on any atom is -0.303 e. The normalized spacial score (nSPS) is 17.8. The number of hydrogen-bond acceptors (Lipinski definition) is 4. The zero-order valence-electron chi connectivity index (χ0n) is 13.5. The minimum absolute atomic E-state index is 0.0500. The summed E-state index contributed by atoms with van der Waals surface area (Å²) in [6.07, 6.45) is 6.31. The van der Waals surface area contributed by atoms with Crippen LogP contribution in [0.5, 0.6) is 0 Å². The maximum absolute atomic E-state index is 12.5. The molecule has 0 spiro atoms. The fourth-order valence-corrected chi connectivity index (χ4v) is 3.25. The highest BCUT2D eigenvalue weighted by atomic mass is 32.1. The minimum atomic E-state index is -0.114. The number of thiazole rings is 1. The van der Waals surface area contributed by atoms with Crippen LogP contribution in [0.4, 0.5) is 5.13 Å². The SMILES string of the molecule is CCC[C@H](NC(C)C1CC1)C(=O)Nc1ncc(C(C)C)s1. The molecule has 1 aromatic rings. The van der Waals surface area contributed by atoms with Crippen molar-refractivity contribution < 1.29 is 4.79 Å². The summed E-state index contributed by atoms with van der Waals surface area (Å²) in [5.74, 6) is 1.26. The van der Waals surface area contributed by atoms with Crippen LogP contribution in [0.1, 0.15) is 64.2 Å². The number of anilines is 1. The number of aromatic nitrogens is 1. The van der Waals surface area contributed by atoms with E-state index >= 15 is 0 Å². The van der Waals surface area contributed by atoms with Gasteiger partial charge in [0.1, 0.15) is 0 Å². The van der Waals surface area contributed by atoms with Crippen molar-refractivity contribution in [2.45, 2.75) is 71.4 Å². The topological polar surface area (TPSA) is 54.0 Å². The fraction of sp³-hybridized carbons (Fsp3) is 0.750. The Morgan fingerprint density at radius 1 is 1.43 bits per heavy atom. The number of nitrogens with one attached hydrogen (secondary N) is 2. The van der Waals surface area contributed by atoms with Crippen molar-refractivity contribution in [3.05, 3.63) is 11.1 Å². The molecular weight excluding hydrogens is 282 g/mol. The summed E-state index contributed by atoms with van der Waals surface area (Å²) in [5.41, 5.74) is 0. The van der Waals surface area contributed by atoms with Gasteiger partial charge in [0.05, 0.1) is 6.04 Å². The lowest BCUT2D eigenvalue weighted by Crippen LogP contribution is -2.45. The van der Waals surface area contributed by atoms with Crippen molar-refractivity contribution in [3.8, 4) is 0 Å². The van der Waals surface area contributed by atoms with Crippen molar-refractivity contribution >= 4 is 22.4 Å². The monoisotopic (exact) mass is 309 g/mol. The lowest BCUT2D eigenvalue weighted by molar-refractivity contribution is -0.118. The van der Waals surface area contributed by atoms with Gasteiger partial charge in [-0.05, 0) is 38.0 Å². The number of hydrogen-bond donors (Lipinski definition) is 2. The fourth-order valence-electron chi connectivity index (χ4n) is 2.43. The standard InChI is InChI=1S/C16H27N3OS/c1-5-6-13(18-11(4)12-7-8-12)15(20)19-16-17-9-14(21-16)10(2)3/h9-13,18H,5-8H2,1-4H3,(H,17,19,20)/t11?,13-/m0/s1. The summed E-state index contributed by atoms with van der Waals surface area (Å²) in [6, 6.07) is 0.312. The third-order valence-corrected chi connectivity index (χ3v) is 5.22. The van der Waals surface area contributed by atoms with Gasteiger partial charge in [0.25, 0.3) is 0 Å². The first-order valence-electron chi connectivity index (χ1n) is 8.03. The zero-order chi connectivity index (χ0) is 15.4. The number of rotatable bonds is 8. The highest BCUT2D eigenvalue weighted by molar-refractivity contribution is 7.15. The van der Waals surface area contributed by atoms with Crippen molar-refractivity contribution in [2.24, 2.45) is 5.92 Å². The molecule has 4 nitrogen and oxygen atoms in total. The van der Waals surface area contributed by atoms with E-state index < -0.39 is 0 Å². The highest BCUT2D eigenvalue weighted by Crippen LogP contribution is 2.32. The Morgan fingerprint density at radius 3 is 2.67 bits per heavy atom. The summed E-state index contributed by atoms with van der Waals surface area (Å²) in [5, 5.41) is 7.18. The Morgan fingerprint density at radius 2 is 2.14 bits per heavy atom. The van der Waals surface area contributed by atoms with E-state index in [1.807, 2.05) is 6.20 Å². The molecule has 1 aromatic heterocycles. The van der Waals surface area contributed by atoms with Crippen LogP contribution in [-0.2, 0) is 4.79 Å². The molecule has 1 amide bonds. The van der Waals surface area contributed by atoms with Crippen LogP contribution in [0.3, 0.4) is 0 Å². The van der Waals surface area contributed by atoms with E-state index in [0.29, 0.717) is 17.1 Å². The molecule has 1 aliphatic carbocycles. The van der Waals surface area contributed by atoms with Gasteiger partial charge in [0.2, 0.25) is 5.91 Å². The average molecular weight is 309 g/mol. The third kappa shape index (κ3) is 4.78. The Hall–Kier alpha value is -0.940. The quantitative estimate of drug-likeness (QED) is 0.768. The first kappa shape index (κ1) is 16.4. The molecule has 0 bridgehead atoms. The lowest BCUT2D eigenvalue weighted by Gasteiger charge is -2.21. The zero-order valence-corrected chi connectivity index (χ0v) is 14.3. The van der Waals surface area contributed by atoms with Gasteiger partial charge < -0.3 is 10.6 Å². The Labute approximate surface area is 131 Å². The molecule has 1 fully saturated rings. The molecule has 0 radical (unpaired) electrons. The largest absolute Gasteiger partial charge is 0.303 e. The molecule has 1 aliphatic rings. The van der Waals surface area contributed by atoms with E-state index in [4.69, 9.17) is 0 Å². The summed E-state index contributed by atoms with van der Waals surface area (Å²) >= 11 is 1.57. The van der Waals surface area contributed by atoms with Gasteiger partial charge in [-0.25, -0.2) is 4.98 Å². The van der Waals surface area contributed by atoms with Crippen molar-refractivity contribution in [3.63, 3.8) is 0 Å². The van der Waals surface area contributed by atoms with Crippen molar-refractivity contribution in [2.75, 3.05) is 5.32 Å². The van der Waals surface area contributed by atoms with E-state index in [-0.39, 0.29) is 11.9 Å². The summed E-state index contributed by atoms with van der Waals surface area (Å²) in [4.78, 5) is 18.0. The number of carbonyl (C=O) groups is 1. The van der Waals surface area contributed by atoms with Crippen molar-refractivity contribution in [1.29, 1.82) is 0 Å². The molecule has 0 saturated heterocycles. The van der Waals surface area contributed by atoms with Gasteiger partial charge in [0.15, 0.2) is 5.13 Å². The van der Waals surface area contributed by atoms with E-state index in [9.17, 15) is 4.79 Å². The molecular formula is C16H27N3OS. The van der Waals surface area contributed by atoms with Crippen LogP contribution in [-0.4, -0.2) is 23.0 Å². The molecule has 0 aliphatic heterocycles. The van der Waals surface area contributed by atoms with Gasteiger partial charge in [-0.3, -0.25) is 4.79 Å². The van der Waals surface area contributed by atoms with Gasteiger partial charge in [-0.15, -0.1) is 11.3 Å². The molecule has 5 heteroatoms.